The van der Waals surface area contributed by atoms with Crippen LogP contribution in [0.15, 0.2) is 47.4 Å². The number of hydrogen-bond acceptors (Lipinski definition) is 3. The van der Waals surface area contributed by atoms with Crippen LogP contribution < -0.4 is 5.32 Å². The summed E-state index contributed by atoms with van der Waals surface area (Å²) in [7, 11) is -3.21. The molecule has 0 aliphatic carbocycles. The Morgan fingerprint density at radius 3 is 2.29 bits per heavy atom. The van der Waals surface area contributed by atoms with Gasteiger partial charge in [-0.25, -0.2) is 8.42 Å². The van der Waals surface area contributed by atoms with Crippen molar-refractivity contribution in [1.29, 1.82) is 0 Å². The monoisotopic (exact) mass is 345 g/mol. The van der Waals surface area contributed by atoms with Crippen LogP contribution in [0.5, 0.6) is 0 Å². The number of aryl methyl sites for hydroxylation is 2. The minimum atomic E-state index is -3.21. The van der Waals surface area contributed by atoms with Gasteiger partial charge < -0.3 is 5.32 Å². The van der Waals surface area contributed by atoms with E-state index in [1.54, 1.807) is 24.3 Å². The highest BCUT2D eigenvalue weighted by Gasteiger charge is 2.13. The normalized spacial score (nSPS) is 12.7. The van der Waals surface area contributed by atoms with Gasteiger partial charge in [-0.05, 0) is 49.6 Å². The van der Waals surface area contributed by atoms with Crippen LogP contribution >= 0.6 is 0 Å². The smallest absolute Gasteiger partial charge is 0.224 e. The molecule has 0 saturated carbocycles. The molecule has 0 fully saturated rings. The van der Waals surface area contributed by atoms with Crippen LogP contribution in [0.3, 0.4) is 0 Å². The van der Waals surface area contributed by atoms with Gasteiger partial charge in [-0.3, -0.25) is 4.79 Å². The first-order valence-electron chi connectivity index (χ1n) is 7.82. The Balaban J connectivity index is 2.05. The predicted octanol–water partition coefficient (Wildman–Crippen LogP) is 3.13. The van der Waals surface area contributed by atoms with Gasteiger partial charge in [0, 0.05) is 6.26 Å². The summed E-state index contributed by atoms with van der Waals surface area (Å²) in [6.45, 7) is 5.89. The Kier molecular flexibility index (Phi) is 5.44. The van der Waals surface area contributed by atoms with Crippen molar-refractivity contribution in [3.8, 4) is 0 Å². The highest BCUT2D eigenvalue weighted by molar-refractivity contribution is 7.90. The fourth-order valence-electron chi connectivity index (χ4n) is 2.54. The molecule has 0 heterocycles. The molecule has 0 aromatic heterocycles. The summed E-state index contributed by atoms with van der Waals surface area (Å²) in [5.41, 5.74) is 4.12. The topological polar surface area (TPSA) is 63.2 Å². The lowest BCUT2D eigenvalue weighted by Crippen LogP contribution is -2.28. The van der Waals surface area contributed by atoms with Crippen molar-refractivity contribution >= 4 is 15.7 Å². The molecule has 0 radical (unpaired) electrons. The molecule has 0 saturated heterocycles. The summed E-state index contributed by atoms with van der Waals surface area (Å²) < 4.78 is 23.0. The second-order valence-electron chi connectivity index (χ2n) is 6.24. The second-order valence-corrected chi connectivity index (χ2v) is 8.25. The number of rotatable bonds is 5. The first-order chi connectivity index (χ1) is 11.2. The molecular formula is C19H23NO3S. The van der Waals surface area contributed by atoms with Gasteiger partial charge in [-0.1, -0.05) is 35.9 Å². The summed E-state index contributed by atoms with van der Waals surface area (Å²) in [5.74, 6) is -0.0524. The summed E-state index contributed by atoms with van der Waals surface area (Å²) in [5, 5.41) is 2.96. The van der Waals surface area contributed by atoms with E-state index in [2.05, 4.69) is 5.32 Å². The Morgan fingerprint density at radius 2 is 1.71 bits per heavy atom. The molecule has 128 valence electrons. The number of carbonyl (C=O) groups is 1. The first-order valence-corrected chi connectivity index (χ1v) is 9.71. The zero-order chi connectivity index (χ0) is 17.9. The van der Waals surface area contributed by atoms with Gasteiger partial charge in [0.05, 0.1) is 17.4 Å². The van der Waals surface area contributed by atoms with Crippen molar-refractivity contribution < 1.29 is 13.2 Å². The Bertz CT molecular complexity index is 839. The molecule has 0 unspecified atom stereocenters. The third kappa shape index (κ3) is 4.68. The third-order valence-electron chi connectivity index (χ3n) is 4.04. The summed E-state index contributed by atoms with van der Waals surface area (Å²) in [4.78, 5) is 12.6. The minimum Gasteiger partial charge on any atom is -0.349 e. The predicted molar refractivity (Wildman–Crippen MR) is 95.7 cm³/mol. The maximum atomic E-state index is 12.3. The molecule has 2 rings (SSSR count). The number of hydrogen-bond donors (Lipinski definition) is 1. The fraction of sp³-hybridized carbons (Fsp3) is 0.316. The van der Waals surface area contributed by atoms with Crippen molar-refractivity contribution in [2.24, 2.45) is 0 Å². The van der Waals surface area contributed by atoms with E-state index in [9.17, 15) is 13.2 Å². The summed E-state index contributed by atoms with van der Waals surface area (Å²) in [6, 6.07) is 12.5. The minimum absolute atomic E-state index is 0.0524. The molecule has 4 nitrogen and oxygen atoms in total. The van der Waals surface area contributed by atoms with Gasteiger partial charge >= 0.3 is 0 Å². The van der Waals surface area contributed by atoms with Crippen molar-refractivity contribution in [1.82, 2.24) is 5.32 Å². The fourth-order valence-corrected chi connectivity index (χ4v) is 3.17. The zero-order valence-corrected chi connectivity index (χ0v) is 15.3. The van der Waals surface area contributed by atoms with Gasteiger partial charge in [-0.2, -0.15) is 0 Å². The lowest BCUT2D eigenvalue weighted by molar-refractivity contribution is -0.121. The van der Waals surface area contributed by atoms with Crippen LogP contribution in [-0.4, -0.2) is 20.6 Å². The molecule has 0 spiro atoms. The van der Waals surface area contributed by atoms with Crippen molar-refractivity contribution in [3.63, 3.8) is 0 Å². The van der Waals surface area contributed by atoms with Crippen molar-refractivity contribution in [2.75, 3.05) is 6.26 Å². The van der Waals surface area contributed by atoms with Gasteiger partial charge in [0.25, 0.3) is 0 Å². The quantitative estimate of drug-likeness (QED) is 0.905. The van der Waals surface area contributed by atoms with Crippen LogP contribution in [-0.2, 0) is 21.1 Å². The van der Waals surface area contributed by atoms with Gasteiger partial charge in [0.1, 0.15) is 0 Å². The summed E-state index contributed by atoms with van der Waals surface area (Å²) >= 11 is 0. The van der Waals surface area contributed by atoms with Crippen LogP contribution in [0, 0.1) is 13.8 Å². The number of carbonyl (C=O) groups excluding carboxylic acids is 1. The van der Waals surface area contributed by atoms with E-state index in [1.807, 2.05) is 39.0 Å². The van der Waals surface area contributed by atoms with Gasteiger partial charge in [-0.15, -0.1) is 0 Å². The molecule has 1 N–H and O–H groups in total. The van der Waals surface area contributed by atoms with E-state index in [4.69, 9.17) is 0 Å². The Hall–Kier alpha value is -2.14. The van der Waals surface area contributed by atoms with E-state index in [0.717, 1.165) is 22.3 Å². The highest BCUT2D eigenvalue weighted by atomic mass is 32.2. The molecule has 2 aromatic carbocycles. The molecule has 1 amide bonds. The summed E-state index contributed by atoms with van der Waals surface area (Å²) in [6.07, 6.45) is 1.51. The van der Waals surface area contributed by atoms with E-state index in [1.165, 1.54) is 6.26 Å². The van der Waals surface area contributed by atoms with E-state index >= 15 is 0 Å². The molecule has 1 atom stereocenters. The SMILES string of the molecule is Cc1ccc(C)c(CC(=O)N[C@H](C)c2ccc(S(C)(=O)=O)cc2)c1. The van der Waals surface area contributed by atoms with Crippen molar-refractivity contribution in [3.05, 3.63) is 64.7 Å². The molecule has 24 heavy (non-hydrogen) atoms. The number of nitrogens with one attached hydrogen (secondary N) is 1. The Labute approximate surface area is 143 Å². The number of benzene rings is 2. The molecule has 0 aliphatic rings. The van der Waals surface area contributed by atoms with Crippen molar-refractivity contribution in [2.45, 2.75) is 38.1 Å². The highest BCUT2D eigenvalue weighted by Crippen LogP contribution is 2.17. The maximum absolute atomic E-state index is 12.3. The van der Waals surface area contributed by atoms with Crippen LogP contribution in [0.4, 0.5) is 0 Å². The Morgan fingerprint density at radius 1 is 1.08 bits per heavy atom. The molecule has 0 aliphatic heterocycles. The number of sulfone groups is 1. The molecule has 2 aromatic rings. The molecule has 5 heteroatoms. The van der Waals surface area contributed by atoms with Crippen LogP contribution in [0.1, 0.15) is 35.2 Å². The first kappa shape index (κ1) is 18.2. The van der Waals surface area contributed by atoms with Crippen LogP contribution in [0.2, 0.25) is 0 Å². The van der Waals surface area contributed by atoms with E-state index < -0.39 is 9.84 Å². The number of amides is 1. The lowest BCUT2D eigenvalue weighted by Gasteiger charge is -2.15. The average Bonchev–Trinajstić information content (AvgIpc) is 2.50. The van der Waals surface area contributed by atoms with E-state index in [0.29, 0.717) is 6.42 Å². The molecular weight excluding hydrogens is 322 g/mol. The molecule has 0 bridgehead atoms. The van der Waals surface area contributed by atoms with Gasteiger partial charge in [0.2, 0.25) is 5.91 Å². The average molecular weight is 345 g/mol. The third-order valence-corrected chi connectivity index (χ3v) is 5.17. The standard InChI is InChI=1S/C19H23NO3S/c1-13-5-6-14(2)17(11-13)12-19(21)20-15(3)16-7-9-18(10-8-16)24(4,22)23/h5-11,15H,12H2,1-4H3,(H,20,21)/t15-/m1/s1. The zero-order valence-electron chi connectivity index (χ0n) is 14.5. The second kappa shape index (κ2) is 7.18. The van der Waals surface area contributed by atoms with Crippen LogP contribution in [0.25, 0.3) is 0 Å². The van der Waals surface area contributed by atoms with Gasteiger partial charge in [0.15, 0.2) is 9.84 Å². The van der Waals surface area contributed by atoms with E-state index in [-0.39, 0.29) is 16.8 Å². The maximum Gasteiger partial charge on any atom is 0.224 e. The largest absolute Gasteiger partial charge is 0.349 e. The lowest BCUT2D eigenvalue weighted by atomic mass is 10.0.